The number of benzene rings is 1. The van der Waals surface area contributed by atoms with Gasteiger partial charge in [-0.2, -0.15) is 0 Å². The summed E-state index contributed by atoms with van der Waals surface area (Å²) in [5, 5.41) is 3.49. The molecule has 0 bridgehead atoms. The van der Waals surface area contributed by atoms with Crippen LogP contribution in [0.15, 0.2) is 24.3 Å². The van der Waals surface area contributed by atoms with E-state index >= 15 is 0 Å². The fourth-order valence-electron chi connectivity index (χ4n) is 3.19. The molecule has 0 spiro atoms. The van der Waals surface area contributed by atoms with Gasteiger partial charge in [-0.3, -0.25) is 4.90 Å². The van der Waals surface area contributed by atoms with Crippen LogP contribution in [0.25, 0.3) is 0 Å². The quantitative estimate of drug-likeness (QED) is 0.794. The highest BCUT2D eigenvalue weighted by Crippen LogP contribution is 2.34. The van der Waals surface area contributed by atoms with Crippen LogP contribution in [-0.4, -0.2) is 24.5 Å². The Hall–Kier alpha value is -0.860. The first-order valence-electron chi connectivity index (χ1n) is 8.50. The van der Waals surface area contributed by atoms with Crippen molar-refractivity contribution < 1.29 is 0 Å². The third-order valence-electron chi connectivity index (χ3n) is 4.65. The number of nitrogens with zero attached hydrogens (tertiary/aromatic N) is 1. The predicted octanol–water partition coefficient (Wildman–Crippen LogP) is 4.05. The van der Waals surface area contributed by atoms with Gasteiger partial charge in [-0.25, -0.2) is 0 Å². The maximum Gasteiger partial charge on any atom is 0.0233 e. The van der Waals surface area contributed by atoms with Crippen molar-refractivity contribution in [2.45, 2.75) is 53.6 Å². The maximum atomic E-state index is 3.49. The van der Waals surface area contributed by atoms with Crippen molar-refractivity contribution in [3.05, 3.63) is 35.4 Å². The Kier molecular flexibility index (Phi) is 5.83. The molecule has 118 valence electrons. The number of nitrogens with one attached hydrogen (secondary N) is 1. The molecule has 21 heavy (non-hydrogen) atoms. The van der Waals surface area contributed by atoms with Crippen molar-refractivity contribution in [2.75, 3.05) is 19.6 Å². The molecule has 0 saturated carbocycles. The highest BCUT2D eigenvalue weighted by Gasteiger charge is 2.31. The topological polar surface area (TPSA) is 15.3 Å². The zero-order valence-electron chi connectivity index (χ0n) is 14.3. The first-order chi connectivity index (χ1) is 9.99. The van der Waals surface area contributed by atoms with Gasteiger partial charge in [0.15, 0.2) is 0 Å². The van der Waals surface area contributed by atoms with Gasteiger partial charge in [-0.15, -0.1) is 0 Å². The van der Waals surface area contributed by atoms with Gasteiger partial charge in [0.05, 0.1) is 0 Å². The summed E-state index contributed by atoms with van der Waals surface area (Å²) >= 11 is 0. The van der Waals surface area contributed by atoms with Gasteiger partial charge in [0.1, 0.15) is 0 Å². The Balaban J connectivity index is 1.87. The molecule has 1 aromatic rings. The maximum absolute atomic E-state index is 3.49. The lowest BCUT2D eigenvalue weighted by Gasteiger charge is -2.27. The summed E-state index contributed by atoms with van der Waals surface area (Å²) in [6.07, 6.45) is 2.54. The van der Waals surface area contributed by atoms with E-state index in [9.17, 15) is 0 Å². The predicted molar refractivity (Wildman–Crippen MR) is 91.3 cm³/mol. The number of rotatable bonds is 6. The second-order valence-electron chi connectivity index (χ2n) is 7.58. The lowest BCUT2D eigenvalue weighted by molar-refractivity contribution is 0.226. The molecule has 2 nitrogen and oxygen atoms in total. The normalized spacial score (nSPS) is 20.1. The van der Waals surface area contributed by atoms with Crippen LogP contribution in [0.5, 0.6) is 0 Å². The van der Waals surface area contributed by atoms with E-state index < -0.39 is 0 Å². The number of likely N-dealkylation sites (tertiary alicyclic amines) is 1. The summed E-state index contributed by atoms with van der Waals surface area (Å²) in [4.78, 5) is 2.62. The molecule has 1 aliphatic rings. The molecule has 0 amide bonds. The SMILES string of the molecule is CCCNCc1cccc(CN2CCC(C(C)(C)C)C2)c1. The lowest BCUT2D eigenvalue weighted by atomic mass is 9.80. The monoisotopic (exact) mass is 288 g/mol. The highest BCUT2D eigenvalue weighted by atomic mass is 15.1. The van der Waals surface area contributed by atoms with Gasteiger partial charge in [0.2, 0.25) is 0 Å². The van der Waals surface area contributed by atoms with Crippen molar-refractivity contribution in [3.8, 4) is 0 Å². The molecule has 2 heteroatoms. The van der Waals surface area contributed by atoms with Crippen molar-refractivity contribution in [1.82, 2.24) is 10.2 Å². The summed E-state index contributed by atoms with van der Waals surface area (Å²) in [5.41, 5.74) is 3.31. The second kappa shape index (κ2) is 7.42. The Morgan fingerprint density at radius 1 is 1.24 bits per heavy atom. The Labute approximate surface area is 130 Å². The van der Waals surface area contributed by atoms with E-state index in [0.717, 1.165) is 25.6 Å². The summed E-state index contributed by atoms with van der Waals surface area (Å²) in [5.74, 6) is 0.840. The minimum absolute atomic E-state index is 0.445. The largest absolute Gasteiger partial charge is 0.313 e. The molecule has 1 atom stereocenters. The summed E-state index contributed by atoms with van der Waals surface area (Å²) in [6, 6.07) is 9.07. The van der Waals surface area contributed by atoms with E-state index in [1.807, 2.05) is 0 Å². The van der Waals surface area contributed by atoms with Gasteiger partial charge >= 0.3 is 0 Å². The minimum Gasteiger partial charge on any atom is -0.313 e. The molecular formula is C19H32N2. The Morgan fingerprint density at radius 2 is 2.00 bits per heavy atom. The van der Waals surface area contributed by atoms with E-state index in [4.69, 9.17) is 0 Å². The zero-order valence-corrected chi connectivity index (χ0v) is 14.3. The number of hydrogen-bond donors (Lipinski definition) is 1. The van der Waals surface area contributed by atoms with Crippen molar-refractivity contribution in [2.24, 2.45) is 11.3 Å². The van der Waals surface area contributed by atoms with E-state index in [2.05, 4.69) is 62.2 Å². The molecule has 0 aliphatic carbocycles. The number of hydrogen-bond acceptors (Lipinski definition) is 2. The highest BCUT2D eigenvalue weighted by molar-refractivity contribution is 5.23. The van der Waals surface area contributed by atoms with Crippen LogP contribution in [0, 0.1) is 11.3 Å². The first kappa shape index (κ1) is 16.5. The van der Waals surface area contributed by atoms with Crippen LogP contribution >= 0.6 is 0 Å². The van der Waals surface area contributed by atoms with Gasteiger partial charge in [0.25, 0.3) is 0 Å². The van der Waals surface area contributed by atoms with Crippen molar-refractivity contribution in [1.29, 1.82) is 0 Å². The molecule has 1 aliphatic heterocycles. The van der Waals surface area contributed by atoms with E-state index in [1.54, 1.807) is 0 Å². The molecule has 1 saturated heterocycles. The third-order valence-corrected chi connectivity index (χ3v) is 4.65. The lowest BCUT2D eigenvalue weighted by Crippen LogP contribution is -2.25. The van der Waals surface area contributed by atoms with Crippen molar-refractivity contribution in [3.63, 3.8) is 0 Å². The van der Waals surface area contributed by atoms with Crippen LogP contribution in [0.4, 0.5) is 0 Å². The second-order valence-corrected chi connectivity index (χ2v) is 7.58. The molecular weight excluding hydrogens is 256 g/mol. The molecule has 1 fully saturated rings. The smallest absolute Gasteiger partial charge is 0.0233 e. The standard InChI is InChI=1S/C19H32N2/c1-5-10-20-13-16-7-6-8-17(12-16)14-21-11-9-18(15-21)19(2,3)4/h6-8,12,18,20H,5,9-11,13-15H2,1-4H3. The Morgan fingerprint density at radius 3 is 2.67 bits per heavy atom. The van der Waals surface area contributed by atoms with Gasteiger partial charge in [-0.1, -0.05) is 52.0 Å². The van der Waals surface area contributed by atoms with E-state index in [0.29, 0.717) is 5.41 Å². The van der Waals surface area contributed by atoms with Gasteiger partial charge in [-0.05, 0) is 48.4 Å². The third kappa shape index (κ3) is 5.12. The molecule has 0 aromatic heterocycles. The van der Waals surface area contributed by atoms with Crippen LogP contribution in [0.2, 0.25) is 0 Å². The fraction of sp³-hybridized carbons (Fsp3) is 0.684. The van der Waals surface area contributed by atoms with Crippen LogP contribution in [0.3, 0.4) is 0 Å². The van der Waals surface area contributed by atoms with Crippen LogP contribution < -0.4 is 5.32 Å². The summed E-state index contributed by atoms with van der Waals surface area (Å²) < 4.78 is 0. The van der Waals surface area contributed by atoms with Gasteiger partial charge in [0, 0.05) is 19.6 Å². The summed E-state index contributed by atoms with van der Waals surface area (Å²) in [7, 11) is 0. The first-order valence-corrected chi connectivity index (χ1v) is 8.50. The average molecular weight is 288 g/mol. The van der Waals surface area contributed by atoms with E-state index in [1.165, 1.54) is 37.1 Å². The van der Waals surface area contributed by atoms with Crippen molar-refractivity contribution >= 4 is 0 Å². The Bertz CT molecular complexity index is 433. The summed E-state index contributed by atoms with van der Waals surface area (Å²) in [6.45, 7) is 15.0. The molecule has 0 radical (unpaired) electrons. The molecule has 2 rings (SSSR count). The molecule has 1 aromatic carbocycles. The van der Waals surface area contributed by atoms with Crippen LogP contribution in [-0.2, 0) is 13.1 Å². The van der Waals surface area contributed by atoms with E-state index in [-0.39, 0.29) is 0 Å². The minimum atomic E-state index is 0.445. The van der Waals surface area contributed by atoms with Crippen LogP contribution in [0.1, 0.15) is 51.7 Å². The van der Waals surface area contributed by atoms with Gasteiger partial charge < -0.3 is 5.32 Å². The fourth-order valence-corrected chi connectivity index (χ4v) is 3.19. The molecule has 1 heterocycles. The molecule has 1 unspecified atom stereocenters. The zero-order chi connectivity index (χ0) is 15.3. The average Bonchev–Trinajstić information content (AvgIpc) is 2.88. The molecule has 1 N–H and O–H groups in total.